The number of ether oxygens (including phenoxy) is 2. The van der Waals surface area contributed by atoms with Crippen molar-refractivity contribution in [1.29, 1.82) is 0 Å². The van der Waals surface area contributed by atoms with Crippen LogP contribution in [0, 0.1) is 12.8 Å². The molecule has 0 saturated heterocycles. The number of rotatable bonds is 8. The van der Waals surface area contributed by atoms with E-state index in [4.69, 9.17) is 14.6 Å². The fraction of sp³-hybridized carbons (Fsp3) is 0.611. The lowest BCUT2D eigenvalue weighted by Gasteiger charge is -2.24. The van der Waals surface area contributed by atoms with E-state index < -0.39 is 0 Å². The topological polar surface area (TPSA) is 66.3 Å². The van der Waals surface area contributed by atoms with E-state index in [1.54, 1.807) is 14.2 Å². The van der Waals surface area contributed by atoms with Crippen molar-refractivity contribution >= 4 is 5.96 Å². The number of aliphatic hydroxyl groups is 1. The Morgan fingerprint density at radius 1 is 1.29 bits per heavy atom. The minimum Gasteiger partial charge on any atom is -0.493 e. The molecular formula is C18H31N3O3. The third kappa shape index (κ3) is 5.60. The summed E-state index contributed by atoms with van der Waals surface area (Å²) in [5.74, 6) is 2.43. The summed E-state index contributed by atoms with van der Waals surface area (Å²) in [6.45, 7) is 8.30. The summed E-state index contributed by atoms with van der Waals surface area (Å²) in [5, 5.41) is 12.5. The molecule has 0 amide bonds. The number of hydrogen-bond donors (Lipinski definition) is 2. The first-order valence-electron chi connectivity index (χ1n) is 8.28. The number of aryl methyl sites for hydroxylation is 1. The average Bonchev–Trinajstić information content (AvgIpc) is 2.59. The summed E-state index contributed by atoms with van der Waals surface area (Å²) in [7, 11) is 5.28. The maximum Gasteiger partial charge on any atom is 0.193 e. The molecule has 0 aliphatic heterocycles. The van der Waals surface area contributed by atoms with Crippen LogP contribution in [0.15, 0.2) is 17.1 Å². The maximum atomic E-state index is 9.17. The molecule has 1 rings (SSSR count). The fourth-order valence-electron chi connectivity index (χ4n) is 2.29. The zero-order valence-electron chi connectivity index (χ0n) is 15.7. The lowest BCUT2D eigenvalue weighted by atomic mass is 10.1. The molecule has 0 saturated carbocycles. The number of guanidine groups is 1. The van der Waals surface area contributed by atoms with Gasteiger partial charge in [0.1, 0.15) is 0 Å². The van der Waals surface area contributed by atoms with Gasteiger partial charge in [0, 0.05) is 33.3 Å². The van der Waals surface area contributed by atoms with Gasteiger partial charge >= 0.3 is 0 Å². The van der Waals surface area contributed by atoms with Crippen molar-refractivity contribution in [3.8, 4) is 11.5 Å². The van der Waals surface area contributed by atoms with Crippen LogP contribution >= 0.6 is 0 Å². The molecule has 0 heterocycles. The SMILES string of the molecule is CCNC(=NCC(C)CO)N(C)Cc1cc(OC)c(OC)cc1C. The van der Waals surface area contributed by atoms with Crippen LogP contribution in [0.4, 0.5) is 0 Å². The Labute approximate surface area is 145 Å². The van der Waals surface area contributed by atoms with E-state index in [9.17, 15) is 0 Å². The van der Waals surface area contributed by atoms with E-state index in [1.165, 1.54) is 0 Å². The molecule has 0 aliphatic carbocycles. The normalized spacial score (nSPS) is 12.7. The Hall–Kier alpha value is -1.95. The number of aliphatic hydroxyl groups excluding tert-OH is 1. The first-order chi connectivity index (χ1) is 11.5. The van der Waals surface area contributed by atoms with Crippen molar-refractivity contribution < 1.29 is 14.6 Å². The van der Waals surface area contributed by atoms with E-state index in [0.717, 1.165) is 35.1 Å². The molecule has 2 N–H and O–H groups in total. The van der Waals surface area contributed by atoms with Crippen LogP contribution in [-0.4, -0.2) is 56.9 Å². The fourth-order valence-corrected chi connectivity index (χ4v) is 2.29. The molecule has 0 radical (unpaired) electrons. The number of nitrogens with zero attached hydrogens (tertiary/aromatic N) is 2. The molecule has 0 aromatic heterocycles. The summed E-state index contributed by atoms with van der Waals surface area (Å²) >= 11 is 0. The molecule has 24 heavy (non-hydrogen) atoms. The van der Waals surface area contributed by atoms with Crippen LogP contribution in [0.2, 0.25) is 0 Å². The lowest BCUT2D eigenvalue weighted by Crippen LogP contribution is -2.39. The Bertz CT molecular complexity index is 547. The number of benzene rings is 1. The second-order valence-electron chi connectivity index (χ2n) is 5.97. The van der Waals surface area contributed by atoms with Crippen molar-refractivity contribution in [2.45, 2.75) is 27.3 Å². The van der Waals surface area contributed by atoms with E-state index in [1.807, 2.05) is 33.0 Å². The highest BCUT2D eigenvalue weighted by atomic mass is 16.5. The van der Waals surface area contributed by atoms with Gasteiger partial charge in [0.15, 0.2) is 17.5 Å². The van der Waals surface area contributed by atoms with Crippen LogP contribution in [0.5, 0.6) is 11.5 Å². The van der Waals surface area contributed by atoms with Gasteiger partial charge < -0.3 is 24.8 Å². The predicted molar refractivity (Wildman–Crippen MR) is 98.0 cm³/mol. The minimum atomic E-state index is 0.140. The zero-order valence-corrected chi connectivity index (χ0v) is 15.7. The van der Waals surface area contributed by atoms with Crippen molar-refractivity contribution in [1.82, 2.24) is 10.2 Å². The van der Waals surface area contributed by atoms with Crippen molar-refractivity contribution in [2.24, 2.45) is 10.9 Å². The van der Waals surface area contributed by atoms with Gasteiger partial charge in [-0.05, 0) is 43.0 Å². The van der Waals surface area contributed by atoms with Crippen molar-refractivity contribution in [3.63, 3.8) is 0 Å². The van der Waals surface area contributed by atoms with Gasteiger partial charge in [-0.15, -0.1) is 0 Å². The largest absolute Gasteiger partial charge is 0.493 e. The maximum absolute atomic E-state index is 9.17. The van der Waals surface area contributed by atoms with E-state index >= 15 is 0 Å². The van der Waals surface area contributed by atoms with Crippen molar-refractivity contribution in [2.75, 3.05) is 41.0 Å². The number of methoxy groups -OCH3 is 2. The van der Waals surface area contributed by atoms with Crippen LogP contribution in [-0.2, 0) is 6.54 Å². The highest BCUT2D eigenvalue weighted by Gasteiger charge is 2.13. The van der Waals surface area contributed by atoms with Crippen LogP contribution in [0.3, 0.4) is 0 Å². The van der Waals surface area contributed by atoms with Crippen molar-refractivity contribution in [3.05, 3.63) is 23.3 Å². The number of aliphatic imine (C=N–C) groups is 1. The molecule has 6 heteroatoms. The van der Waals surface area contributed by atoms with E-state index in [0.29, 0.717) is 13.1 Å². The Morgan fingerprint density at radius 3 is 2.46 bits per heavy atom. The monoisotopic (exact) mass is 337 g/mol. The molecule has 0 bridgehead atoms. The first kappa shape index (κ1) is 20.1. The molecule has 136 valence electrons. The number of nitrogens with one attached hydrogen (secondary N) is 1. The molecule has 1 unspecified atom stereocenters. The number of hydrogen-bond acceptors (Lipinski definition) is 4. The molecule has 6 nitrogen and oxygen atoms in total. The van der Waals surface area contributed by atoms with E-state index in [-0.39, 0.29) is 12.5 Å². The third-order valence-corrected chi connectivity index (χ3v) is 3.81. The Morgan fingerprint density at radius 2 is 1.92 bits per heavy atom. The first-order valence-corrected chi connectivity index (χ1v) is 8.28. The summed E-state index contributed by atoms with van der Waals surface area (Å²) in [6.07, 6.45) is 0. The smallest absolute Gasteiger partial charge is 0.193 e. The molecule has 1 aromatic rings. The van der Waals surface area contributed by atoms with Gasteiger partial charge in [-0.3, -0.25) is 4.99 Å². The van der Waals surface area contributed by atoms with Gasteiger partial charge in [-0.1, -0.05) is 6.92 Å². The second kappa shape index (κ2) is 10.0. The van der Waals surface area contributed by atoms with E-state index in [2.05, 4.69) is 22.1 Å². The van der Waals surface area contributed by atoms with Gasteiger partial charge in [-0.25, -0.2) is 0 Å². The summed E-state index contributed by atoms with van der Waals surface area (Å²) < 4.78 is 10.7. The summed E-state index contributed by atoms with van der Waals surface area (Å²) in [6, 6.07) is 3.99. The Balaban J connectivity index is 2.96. The molecule has 0 fully saturated rings. The Kier molecular flexibility index (Phi) is 8.40. The molecular weight excluding hydrogens is 306 g/mol. The second-order valence-corrected chi connectivity index (χ2v) is 5.97. The highest BCUT2D eigenvalue weighted by Crippen LogP contribution is 2.30. The summed E-state index contributed by atoms with van der Waals surface area (Å²) in [4.78, 5) is 6.67. The quantitative estimate of drug-likeness (QED) is 0.561. The highest BCUT2D eigenvalue weighted by molar-refractivity contribution is 5.79. The molecule has 0 spiro atoms. The van der Waals surface area contributed by atoms with Gasteiger partial charge in [-0.2, -0.15) is 0 Å². The molecule has 1 atom stereocenters. The van der Waals surface area contributed by atoms with Gasteiger partial charge in [0.05, 0.1) is 14.2 Å². The van der Waals surface area contributed by atoms with Gasteiger partial charge in [0.25, 0.3) is 0 Å². The van der Waals surface area contributed by atoms with Crippen LogP contribution in [0.25, 0.3) is 0 Å². The summed E-state index contributed by atoms with van der Waals surface area (Å²) in [5.41, 5.74) is 2.29. The molecule has 0 aliphatic rings. The lowest BCUT2D eigenvalue weighted by molar-refractivity contribution is 0.241. The average molecular weight is 337 g/mol. The standard InChI is InChI=1S/C18H31N3O3/c1-7-19-18(20-10-13(2)12-22)21(4)11-15-9-17(24-6)16(23-5)8-14(15)3/h8-9,13,22H,7,10-12H2,1-6H3,(H,19,20). The van der Waals surface area contributed by atoms with Gasteiger partial charge in [0.2, 0.25) is 0 Å². The van der Waals surface area contributed by atoms with Crippen LogP contribution in [0.1, 0.15) is 25.0 Å². The third-order valence-electron chi connectivity index (χ3n) is 3.81. The zero-order chi connectivity index (χ0) is 18.1. The molecule has 1 aromatic carbocycles. The van der Waals surface area contributed by atoms with Crippen LogP contribution < -0.4 is 14.8 Å². The minimum absolute atomic E-state index is 0.140. The predicted octanol–water partition coefficient (Wildman–Crippen LogP) is 2.04.